The van der Waals surface area contributed by atoms with Gasteiger partial charge in [0.15, 0.2) is 0 Å². The Morgan fingerprint density at radius 1 is 1.18 bits per heavy atom. The molecule has 1 aliphatic heterocycles. The molecule has 1 aliphatic carbocycles. The Bertz CT molecular complexity index is 1480. The maximum atomic E-state index is 15.2. The third kappa shape index (κ3) is 3.38. The molecule has 12 heteroatoms. The zero-order chi connectivity index (χ0) is 23.8. The first-order chi connectivity index (χ1) is 16.2. The Labute approximate surface area is 197 Å². The van der Waals surface area contributed by atoms with Gasteiger partial charge in [-0.15, -0.1) is 23.4 Å². The third-order valence-electron chi connectivity index (χ3n) is 6.21. The van der Waals surface area contributed by atoms with Gasteiger partial charge in [-0.2, -0.15) is 0 Å². The molecule has 3 heterocycles. The molecule has 1 atom stereocenters. The third-order valence-corrected chi connectivity index (χ3v) is 8.15. The molecule has 0 radical (unpaired) electrons. The van der Waals surface area contributed by atoms with E-state index in [9.17, 15) is 16.5 Å². The topological polar surface area (TPSA) is 76.5 Å². The molecule has 34 heavy (non-hydrogen) atoms. The number of aromatic nitrogens is 3. The van der Waals surface area contributed by atoms with Crippen LogP contribution >= 0.6 is 22.9 Å². The highest BCUT2D eigenvalue weighted by Gasteiger charge is 2.42. The zero-order valence-corrected chi connectivity index (χ0v) is 19.1. The molecule has 0 unspecified atom stereocenters. The molecule has 1 amide bonds. The predicted molar refractivity (Wildman–Crippen MR) is 123 cm³/mol. The molecule has 4 aromatic rings. The van der Waals surface area contributed by atoms with Crippen molar-refractivity contribution in [3.63, 3.8) is 0 Å². The van der Waals surface area contributed by atoms with E-state index >= 15 is 4.39 Å². The summed E-state index contributed by atoms with van der Waals surface area (Å²) in [6.45, 7) is 0. The molecule has 1 fully saturated rings. The number of anilines is 1. The van der Waals surface area contributed by atoms with Crippen LogP contribution in [0.2, 0.25) is 0 Å². The first-order valence-corrected chi connectivity index (χ1v) is 12.8. The Morgan fingerprint density at radius 2 is 1.97 bits per heavy atom. The van der Waals surface area contributed by atoms with E-state index in [1.807, 2.05) is 0 Å². The van der Waals surface area contributed by atoms with Gasteiger partial charge in [-0.05, 0) is 36.6 Å². The largest absolute Gasteiger partial charge is 0.382 e. The number of nitrogen functional groups attached to an aromatic ring is 1. The summed E-state index contributed by atoms with van der Waals surface area (Å²) in [5, 5.41) is 0. The van der Waals surface area contributed by atoms with Crippen LogP contribution in [-0.2, 0) is 0 Å². The summed E-state index contributed by atoms with van der Waals surface area (Å²) in [5.41, 5.74) is 7.81. The number of benzene rings is 2. The highest BCUT2D eigenvalue weighted by Crippen LogP contribution is 2.62. The molecule has 176 valence electrons. The van der Waals surface area contributed by atoms with E-state index in [-0.39, 0.29) is 17.4 Å². The van der Waals surface area contributed by atoms with Crippen molar-refractivity contribution in [2.75, 3.05) is 11.5 Å². The molecule has 0 spiro atoms. The van der Waals surface area contributed by atoms with Crippen LogP contribution in [-0.4, -0.2) is 37.0 Å². The minimum Gasteiger partial charge on any atom is -0.382 e. The lowest BCUT2D eigenvalue weighted by atomic mass is 10.0. The van der Waals surface area contributed by atoms with Crippen LogP contribution in [0.25, 0.3) is 16.6 Å². The van der Waals surface area contributed by atoms with Crippen molar-refractivity contribution in [2.45, 2.75) is 34.7 Å². The Hall–Kier alpha value is -2.99. The second-order valence-corrected chi connectivity index (χ2v) is 10.7. The zero-order valence-electron chi connectivity index (χ0n) is 17.4. The SMILES string of the molecule is Nc1nc2cc(F)c(C(=O)N(C3CC3)[C@@H]3CSc4cc(S(F)(F)F)ccc43)cc2n2cncc12. The molecular formula is C22H17F4N5OS2. The van der Waals surface area contributed by atoms with Gasteiger partial charge in [-0.1, -0.05) is 6.07 Å². The van der Waals surface area contributed by atoms with E-state index in [2.05, 4.69) is 9.97 Å². The molecule has 6 nitrogen and oxygen atoms in total. The van der Waals surface area contributed by atoms with Crippen molar-refractivity contribution >= 4 is 51.2 Å². The number of carbonyl (C=O) groups excluding carboxylic acids is 1. The van der Waals surface area contributed by atoms with Crippen LogP contribution in [0, 0.1) is 5.82 Å². The summed E-state index contributed by atoms with van der Waals surface area (Å²) in [5.74, 6) is -0.595. The van der Waals surface area contributed by atoms with Crippen molar-refractivity contribution in [2.24, 2.45) is 0 Å². The van der Waals surface area contributed by atoms with Gasteiger partial charge in [0.05, 0.1) is 40.1 Å². The second-order valence-electron chi connectivity index (χ2n) is 8.34. The number of hydrogen-bond donors (Lipinski definition) is 1. The minimum atomic E-state index is -5.33. The van der Waals surface area contributed by atoms with Gasteiger partial charge in [-0.25, -0.2) is 14.4 Å². The van der Waals surface area contributed by atoms with E-state index in [0.29, 0.717) is 32.8 Å². The normalized spacial score (nSPS) is 18.4. The second kappa shape index (κ2) is 7.51. The Morgan fingerprint density at radius 3 is 2.71 bits per heavy atom. The average molecular weight is 508 g/mol. The molecule has 1 saturated carbocycles. The number of amides is 1. The van der Waals surface area contributed by atoms with Crippen LogP contribution in [0.3, 0.4) is 0 Å². The van der Waals surface area contributed by atoms with E-state index in [1.54, 1.807) is 9.30 Å². The summed E-state index contributed by atoms with van der Waals surface area (Å²) >= 11 is -4.04. The maximum Gasteiger partial charge on any atom is 0.257 e. The van der Waals surface area contributed by atoms with Crippen LogP contribution in [0.5, 0.6) is 0 Å². The fourth-order valence-corrected chi connectivity index (χ4v) is 6.27. The summed E-state index contributed by atoms with van der Waals surface area (Å²) in [6, 6.07) is 5.81. The number of halogens is 4. The quantitative estimate of drug-likeness (QED) is 0.350. The molecule has 2 aromatic carbocycles. The predicted octanol–water partition coefficient (Wildman–Crippen LogP) is 5.87. The standard InChI is InChI=1S/C22H17F4N5OS2/c23-15-7-16-17(30-10-28-8-18(30)21(27)29-16)6-14(15)22(32)31(11-1-2-11)19-9-33-20-5-12(34(24,25)26)3-4-13(19)20/h3-8,10-11,19H,1-2,9H2,(H2,27,29)/t19-/m1/s1. The number of carbonyl (C=O) groups is 1. The minimum absolute atomic E-state index is 0.0788. The highest BCUT2D eigenvalue weighted by molar-refractivity contribution is 8.21. The number of thioether (sulfide) groups is 1. The Balaban J connectivity index is 1.42. The van der Waals surface area contributed by atoms with Crippen molar-refractivity contribution < 1.29 is 20.8 Å². The molecule has 0 saturated heterocycles. The number of fused-ring (bicyclic) bond motifs is 4. The monoisotopic (exact) mass is 507 g/mol. The van der Waals surface area contributed by atoms with Gasteiger partial charge in [0.25, 0.3) is 5.91 Å². The van der Waals surface area contributed by atoms with E-state index in [4.69, 9.17) is 5.73 Å². The van der Waals surface area contributed by atoms with Gasteiger partial charge in [-0.3, -0.25) is 9.20 Å². The molecule has 2 N–H and O–H groups in total. The summed E-state index contributed by atoms with van der Waals surface area (Å²) in [6.07, 6.45) is 4.59. The lowest BCUT2D eigenvalue weighted by Gasteiger charge is -2.30. The average Bonchev–Trinajstić information content (AvgIpc) is 3.32. The van der Waals surface area contributed by atoms with Gasteiger partial charge >= 0.3 is 0 Å². The lowest BCUT2D eigenvalue weighted by Crippen LogP contribution is -2.37. The molecule has 0 bridgehead atoms. The molecule has 2 aromatic heterocycles. The number of nitrogens with zero attached hydrogens (tertiary/aromatic N) is 4. The first kappa shape index (κ1) is 21.5. The van der Waals surface area contributed by atoms with Crippen LogP contribution in [0.4, 0.5) is 21.9 Å². The van der Waals surface area contributed by atoms with E-state index in [0.717, 1.165) is 25.0 Å². The summed E-state index contributed by atoms with van der Waals surface area (Å²) < 4.78 is 56.5. The highest BCUT2D eigenvalue weighted by atomic mass is 32.3. The molecule has 6 rings (SSSR count). The lowest BCUT2D eigenvalue weighted by molar-refractivity contribution is 0.0674. The van der Waals surface area contributed by atoms with E-state index in [1.165, 1.54) is 42.5 Å². The van der Waals surface area contributed by atoms with E-state index < -0.39 is 33.8 Å². The van der Waals surface area contributed by atoms with Gasteiger partial charge < -0.3 is 10.6 Å². The molecule has 2 aliphatic rings. The van der Waals surface area contributed by atoms with Crippen LogP contribution in [0.1, 0.15) is 34.8 Å². The smallest absolute Gasteiger partial charge is 0.257 e. The van der Waals surface area contributed by atoms with Crippen molar-refractivity contribution in [3.8, 4) is 0 Å². The number of nitrogens with two attached hydrogens (primary N) is 1. The van der Waals surface area contributed by atoms with Crippen LogP contribution < -0.4 is 5.73 Å². The van der Waals surface area contributed by atoms with Gasteiger partial charge in [0.1, 0.15) is 17.2 Å². The summed E-state index contributed by atoms with van der Waals surface area (Å²) in [7, 11) is 0. The van der Waals surface area contributed by atoms with Crippen molar-refractivity contribution in [1.82, 2.24) is 19.3 Å². The maximum absolute atomic E-state index is 15.2. The number of imidazole rings is 1. The van der Waals surface area contributed by atoms with Gasteiger partial charge in [0.2, 0.25) is 11.2 Å². The summed E-state index contributed by atoms with van der Waals surface area (Å²) in [4.78, 5) is 23.5. The fourth-order valence-electron chi connectivity index (χ4n) is 4.46. The number of hydrogen-bond acceptors (Lipinski definition) is 5. The number of rotatable bonds is 4. The fraction of sp³-hybridized carbons (Fsp3) is 0.227. The molecular weight excluding hydrogens is 490 g/mol. The van der Waals surface area contributed by atoms with Crippen molar-refractivity contribution in [1.29, 1.82) is 0 Å². The van der Waals surface area contributed by atoms with Gasteiger partial charge in [0, 0.05) is 22.8 Å². The first-order valence-electron chi connectivity index (χ1n) is 10.4. The Kier molecular flexibility index (Phi) is 4.75. The van der Waals surface area contributed by atoms with Crippen molar-refractivity contribution in [3.05, 3.63) is 59.8 Å². The van der Waals surface area contributed by atoms with Crippen LogP contribution in [0.15, 0.2) is 52.6 Å².